The molecule has 0 saturated carbocycles. The first-order valence-corrected chi connectivity index (χ1v) is 6.30. The second-order valence-corrected chi connectivity index (χ2v) is 4.97. The van der Waals surface area contributed by atoms with Gasteiger partial charge in [-0.05, 0) is 39.7 Å². The van der Waals surface area contributed by atoms with Crippen molar-refractivity contribution in [3.05, 3.63) is 5.89 Å². The van der Waals surface area contributed by atoms with Gasteiger partial charge in [-0.15, -0.1) is 5.10 Å². The zero-order valence-corrected chi connectivity index (χ0v) is 11.4. The Bertz CT molecular complexity index is 324. The summed E-state index contributed by atoms with van der Waals surface area (Å²) in [4.78, 5) is 0. The van der Waals surface area contributed by atoms with Gasteiger partial charge in [-0.1, -0.05) is 18.9 Å². The van der Waals surface area contributed by atoms with Crippen molar-refractivity contribution >= 4 is 6.01 Å². The lowest BCUT2D eigenvalue weighted by atomic mass is 10.0. The predicted octanol–water partition coefficient (Wildman–Crippen LogP) is 2.59. The lowest BCUT2D eigenvalue weighted by molar-refractivity contribution is 0.435. The average Bonchev–Trinajstić information content (AvgIpc) is 2.73. The highest BCUT2D eigenvalue weighted by Gasteiger charge is 2.13. The lowest BCUT2D eigenvalue weighted by Gasteiger charge is -2.12. The average molecular weight is 240 g/mol. The molecule has 0 saturated heterocycles. The minimum absolute atomic E-state index is 0.0871. The molecule has 0 radical (unpaired) electrons. The fourth-order valence-electron chi connectivity index (χ4n) is 1.46. The molecular weight excluding hydrogens is 216 g/mol. The molecule has 1 rings (SSSR count). The van der Waals surface area contributed by atoms with E-state index in [0.29, 0.717) is 17.9 Å². The van der Waals surface area contributed by atoms with Crippen molar-refractivity contribution in [1.82, 2.24) is 15.5 Å². The van der Waals surface area contributed by atoms with Crippen molar-refractivity contribution in [3.8, 4) is 0 Å². The van der Waals surface area contributed by atoms with Crippen LogP contribution in [-0.4, -0.2) is 23.3 Å². The Kier molecular flexibility index (Phi) is 5.41. The van der Waals surface area contributed by atoms with Crippen molar-refractivity contribution < 1.29 is 4.42 Å². The molecule has 1 heterocycles. The third kappa shape index (κ3) is 4.73. The monoisotopic (exact) mass is 240 g/mol. The largest absolute Gasteiger partial charge is 0.406 e. The van der Waals surface area contributed by atoms with Gasteiger partial charge < -0.3 is 15.1 Å². The minimum atomic E-state index is 0.0871. The van der Waals surface area contributed by atoms with E-state index in [4.69, 9.17) is 4.42 Å². The van der Waals surface area contributed by atoms with Crippen LogP contribution in [0.3, 0.4) is 0 Å². The van der Waals surface area contributed by atoms with Gasteiger partial charge in [0, 0.05) is 6.04 Å². The van der Waals surface area contributed by atoms with E-state index in [1.807, 2.05) is 14.0 Å². The Hall–Kier alpha value is -1.10. The Labute approximate surface area is 103 Å². The van der Waals surface area contributed by atoms with Crippen LogP contribution in [0, 0.1) is 5.92 Å². The highest BCUT2D eigenvalue weighted by molar-refractivity contribution is 5.19. The van der Waals surface area contributed by atoms with Crippen LogP contribution in [0.1, 0.15) is 52.5 Å². The standard InChI is InChI=1S/C12H24N4O/c1-8(2)6-7-9(3)14-12-16-15-11(17-12)10(4)13-5/h8-10,13H,6-7H2,1-5H3,(H,14,16). The van der Waals surface area contributed by atoms with Gasteiger partial charge in [0.15, 0.2) is 0 Å². The van der Waals surface area contributed by atoms with E-state index in [1.54, 1.807) is 0 Å². The smallest absolute Gasteiger partial charge is 0.315 e. The summed E-state index contributed by atoms with van der Waals surface area (Å²) in [7, 11) is 1.87. The van der Waals surface area contributed by atoms with Gasteiger partial charge in [0.1, 0.15) is 0 Å². The second-order valence-electron chi connectivity index (χ2n) is 4.97. The van der Waals surface area contributed by atoms with Crippen molar-refractivity contribution in [2.45, 2.75) is 52.6 Å². The number of hydrogen-bond donors (Lipinski definition) is 2. The predicted molar refractivity (Wildman–Crippen MR) is 68.9 cm³/mol. The molecule has 17 heavy (non-hydrogen) atoms. The van der Waals surface area contributed by atoms with Gasteiger partial charge in [0.2, 0.25) is 5.89 Å². The third-order valence-electron chi connectivity index (χ3n) is 2.79. The number of hydrogen-bond acceptors (Lipinski definition) is 5. The van der Waals surface area contributed by atoms with Crippen LogP contribution < -0.4 is 10.6 Å². The van der Waals surface area contributed by atoms with E-state index >= 15 is 0 Å². The number of nitrogens with zero attached hydrogens (tertiary/aromatic N) is 2. The van der Waals surface area contributed by atoms with Crippen LogP contribution in [0.15, 0.2) is 4.42 Å². The van der Waals surface area contributed by atoms with Gasteiger partial charge in [-0.25, -0.2) is 0 Å². The molecule has 5 heteroatoms. The van der Waals surface area contributed by atoms with E-state index in [0.717, 1.165) is 12.3 Å². The van der Waals surface area contributed by atoms with Gasteiger partial charge in [-0.2, -0.15) is 0 Å². The number of rotatable bonds is 7. The number of aromatic nitrogens is 2. The van der Waals surface area contributed by atoms with Crippen molar-refractivity contribution in [1.29, 1.82) is 0 Å². The van der Waals surface area contributed by atoms with Crippen LogP contribution in [0.25, 0.3) is 0 Å². The van der Waals surface area contributed by atoms with Crippen molar-refractivity contribution in [3.63, 3.8) is 0 Å². The van der Waals surface area contributed by atoms with Gasteiger partial charge in [-0.3, -0.25) is 0 Å². The normalized spacial score (nSPS) is 14.9. The number of nitrogens with one attached hydrogen (secondary N) is 2. The van der Waals surface area contributed by atoms with Crippen LogP contribution in [0.5, 0.6) is 0 Å². The van der Waals surface area contributed by atoms with Crippen LogP contribution in [-0.2, 0) is 0 Å². The van der Waals surface area contributed by atoms with Crippen LogP contribution in [0.2, 0.25) is 0 Å². The summed E-state index contributed by atoms with van der Waals surface area (Å²) in [6, 6.07) is 0.956. The van der Waals surface area contributed by atoms with Crippen molar-refractivity contribution in [2.24, 2.45) is 5.92 Å². The zero-order chi connectivity index (χ0) is 12.8. The van der Waals surface area contributed by atoms with Gasteiger partial charge in [0.05, 0.1) is 6.04 Å². The summed E-state index contributed by atoms with van der Waals surface area (Å²) in [5.41, 5.74) is 0. The number of anilines is 1. The summed E-state index contributed by atoms with van der Waals surface area (Å²) >= 11 is 0. The van der Waals surface area contributed by atoms with Crippen LogP contribution in [0.4, 0.5) is 6.01 Å². The minimum Gasteiger partial charge on any atom is -0.406 e. The Morgan fingerprint density at radius 3 is 2.41 bits per heavy atom. The lowest BCUT2D eigenvalue weighted by Crippen LogP contribution is -2.16. The molecule has 0 amide bonds. The molecule has 98 valence electrons. The first-order chi connectivity index (χ1) is 8.02. The zero-order valence-electron chi connectivity index (χ0n) is 11.4. The summed E-state index contributed by atoms with van der Waals surface area (Å²) in [6.07, 6.45) is 2.30. The summed E-state index contributed by atoms with van der Waals surface area (Å²) in [5.74, 6) is 1.34. The Balaban J connectivity index is 2.43. The molecule has 0 aliphatic heterocycles. The molecular formula is C12H24N4O. The molecule has 0 bridgehead atoms. The molecule has 1 aromatic rings. The molecule has 2 unspecified atom stereocenters. The molecule has 0 aliphatic carbocycles. The SMILES string of the molecule is CNC(C)c1nnc(NC(C)CCC(C)C)o1. The molecule has 0 aromatic carbocycles. The second kappa shape index (κ2) is 6.59. The van der Waals surface area contributed by atoms with E-state index < -0.39 is 0 Å². The highest BCUT2D eigenvalue weighted by atomic mass is 16.4. The highest BCUT2D eigenvalue weighted by Crippen LogP contribution is 2.15. The summed E-state index contributed by atoms with van der Waals surface area (Å²) in [5, 5.41) is 14.3. The summed E-state index contributed by atoms with van der Waals surface area (Å²) < 4.78 is 5.52. The fraction of sp³-hybridized carbons (Fsp3) is 0.833. The van der Waals surface area contributed by atoms with Gasteiger partial charge in [0.25, 0.3) is 0 Å². The molecule has 5 nitrogen and oxygen atoms in total. The molecule has 2 N–H and O–H groups in total. The third-order valence-corrected chi connectivity index (χ3v) is 2.79. The maximum Gasteiger partial charge on any atom is 0.315 e. The maximum absolute atomic E-state index is 5.52. The summed E-state index contributed by atoms with van der Waals surface area (Å²) in [6.45, 7) is 8.57. The van der Waals surface area contributed by atoms with E-state index in [-0.39, 0.29) is 6.04 Å². The molecule has 1 aromatic heterocycles. The maximum atomic E-state index is 5.52. The van der Waals surface area contributed by atoms with E-state index in [1.165, 1.54) is 6.42 Å². The molecule has 0 spiro atoms. The Morgan fingerprint density at radius 1 is 1.12 bits per heavy atom. The van der Waals surface area contributed by atoms with Crippen molar-refractivity contribution in [2.75, 3.05) is 12.4 Å². The first-order valence-electron chi connectivity index (χ1n) is 6.30. The van der Waals surface area contributed by atoms with E-state index in [9.17, 15) is 0 Å². The molecule has 0 fully saturated rings. The van der Waals surface area contributed by atoms with Crippen LogP contribution >= 0.6 is 0 Å². The van der Waals surface area contributed by atoms with Gasteiger partial charge >= 0.3 is 6.01 Å². The first kappa shape index (κ1) is 14.0. The van der Waals surface area contributed by atoms with E-state index in [2.05, 4.69) is 41.6 Å². The molecule has 0 aliphatic rings. The fourth-order valence-corrected chi connectivity index (χ4v) is 1.46. The molecule has 2 atom stereocenters. The Morgan fingerprint density at radius 2 is 1.82 bits per heavy atom. The quantitative estimate of drug-likeness (QED) is 0.767. The topological polar surface area (TPSA) is 63.0 Å².